The van der Waals surface area contributed by atoms with Crippen LogP contribution in [0, 0.1) is 6.58 Å². The summed E-state index contributed by atoms with van der Waals surface area (Å²) >= 11 is 0. The fourth-order valence-corrected chi connectivity index (χ4v) is 2.20. The predicted molar refractivity (Wildman–Crippen MR) is 134 cm³/mol. The molecule has 0 bridgehead atoms. The van der Waals surface area contributed by atoms with Gasteiger partial charge < -0.3 is 0 Å². The highest BCUT2D eigenvalue weighted by molar-refractivity contribution is 5.22. The van der Waals surface area contributed by atoms with Gasteiger partial charge in [-0.15, -0.1) is 0 Å². The highest BCUT2D eigenvalue weighted by atomic mass is 13.9. The van der Waals surface area contributed by atoms with Gasteiger partial charge in [0.05, 0.1) is 0 Å². The number of allylic oxidation sites excluding steroid dienone is 21. The lowest BCUT2D eigenvalue weighted by atomic mass is 10.1. The lowest BCUT2D eigenvalue weighted by molar-refractivity contribution is 0.637. The molecule has 0 saturated heterocycles. The van der Waals surface area contributed by atoms with Crippen molar-refractivity contribution < 1.29 is 0 Å². The summed E-state index contributed by atoms with van der Waals surface area (Å²) in [6.07, 6.45) is 49.5. The maximum atomic E-state index is 5.23. The van der Waals surface area contributed by atoms with Crippen molar-refractivity contribution in [3.63, 3.8) is 0 Å². The van der Waals surface area contributed by atoms with Crippen molar-refractivity contribution in [1.29, 1.82) is 0 Å². The van der Waals surface area contributed by atoms with Gasteiger partial charge >= 0.3 is 0 Å². The molecule has 0 N–H and O–H groups in total. The van der Waals surface area contributed by atoms with Gasteiger partial charge in [-0.2, -0.15) is 0 Å². The minimum atomic E-state index is 1.18. The Hall–Kier alpha value is -2.86. The second-order valence-electron chi connectivity index (χ2n) is 6.29. The fourth-order valence-electron chi connectivity index (χ4n) is 2.20. The van der Waals surface area contributed by atoms with Crippen LogP contribution in [0.1, 0.15) is 45.4 Å². The van der Waals surface area contributed by atoms with Gasteiger partial charge in [0.1, 0.15) is 0 Å². The molecule has 0 heteroatoms. The van der Waals surface area contributed by atoms with Crippen LogP contribution in [0.4, 0.5) is 0 Å². The Morgan fingerprint density at radius 3 is 1.14 bits per heavy atom. The number of rotatable bonds is 16. The predicted octanol–water partition coefficient (Wildman–Crippen LogP) is 8.90. The van der Waals surface area contributed by atoms with Crippen LogP contribution in [0.3, 0.4) is 0 Å². The molecule has 1 radical (unpaired) electrons. The zero-order chi connectivity index (χ0) is 21.1. The van der Waals surface area contributed by atoms with Crippen LogP contribution >= 0.6 is 0 Å². The Morgan fingerprint density at radius 1 is 0.414 bits per heavy atom. The number of hydrogen-bond donors (Lipinski definition) is 0. The zero-order valence-electron chi connectivity index (χ0n) is 17.9. The third kappa shape index (κ3) is 25.1. The van der Waals surface area contributed by atoms with E-state index >= 15 is 0 Å². The van der Waals surface area contributed by atoms with Crippen LogP contribution in [-0.4, -0.2) is 0 Å². The zero-order valence-corrected chi connectivity index (χ0v) is 17.9. The molecule has 29 heavy (non-hydrogen) atoms. The van der Waals surface area contributed by atoms with Gasteiger partial charge in [0.15, 0.2) is 0 Å². The van der Waals surface area contributed by atoms with Crippen molar-refractivity contribution in [2.45, 2.75) is 45.4 Å². The number of hydrogen-bond acceptors (Lipinski definition) is 0. The van der Waals surface area contributed by atoms with E-state index in [1.165, 1.54) is 44.6 Å². The lowest BCUT2D eigenvalue weighted by Gasteiger charge is -1.95. The third-order valence-electron chi connectivity index (χ3n) is 3.72. The monoisotopic (exact) mass is 385 g/mol. The van der Waals surface area contributed by atoms with Gasteiger partial charge in [0.25, 0.3) is 0 Å². The van der Waals surface area contributed by atoms with Gasteiger partial charge in [0.2, 0.25) is 0 Å². The van der Waals surface area contributed by atoms with Gasteiger partial charge in [0, 0.05) is 0 Å². The van der Waals surface area contributed by atoms with E-state index in [1.54, 1.807) is 6.08 Å². The molecule has 0 unspecified atom stereocenters. The van der Waals surface area contributed by atoms with Gasteiger partial charge in [-0.05, 0) is 12.8 Å². The summed E-state index contributed by atoms with van der Waals surface area (Å²) < 4.78 is 0. The SMILES string of the molecule is [CH]=C/C=C/C=C/C=C/C=C/C=C/C=C/C=C/C=C/C=C/C=C/CCCCCCC. The number of unbranched alkanes of at least 4 members (excludes halogenated alkanes) is 5. The van der Waals surface area contributed by atoms with Gasteiger partial charge in [-0.3, -0.25) is 0 Å². The van der Waals surface area contributed by atoms with Crippen molar-refractivity contribution in [3.8, 4) is 0 Å². The molecule has 0 rings (SSSR count). The van der Waals surface area contributed by atoms with Gasteiger partial charge in [-0.1, -0.05) is 167 Å². The average molecular weight is 386 g/mol. The van der Waals surface area contributed by atoms with E-state index in [0.29, 0.717) is 0 Å². The molecule has 0 aliphatic carbocycles. The van der Waals surface area contributed by atoms with Gasteiger partial charge in [-0.25, -0.2) is 0 Å². The van der Waals surface area contributed by atoms with Crippen molar-refractivity contribution in [3.05, 3.63) is 134 Å². The normalized spacial score (nSPS) is 14.0. The molecular weight excluding hydrogens is 348 g/mol. The summed E-state index contributed by atoms with van der Waals surface area (Å²) in [5.74, 6) is 0. The van der Waals surface area contributed by atoms with Crippen molar-refractivity contribution >= 4 is 0 Å². The van der Waals surface area contributed by atoms with E-state index in [-0.39, 0.29) is 0 Å². The summed E-state index contributed by atoms with van der Waals surface area (Å²) in [6.45, 7) is 7.48. The van der Waals surface area contributed by atoms with Crippen molar-refractivity contribution in [1.82, 2.24) is 0 Å². The molecule has 0 amide bonds. The summed E-state index contributed by atoms with van der Waals surface area (Å²) in [5.41, 5.74) is 0. The molecule has 0 aliphatic rings. The average Bonchev–Trinajstić information content (AvgIpc) is 2.74. The smallest absolute Gasteiger partial charge is 0.0348 e. The summed E-state index contributed by atoms with van der Waals surface area (Å²) in [5, 5.41) is 0. The minimum Gasteiger partial charge on any atom is -0.0845 e. The third-order valence-corrected chi connectivity index (χ3v) is 3.72. The van der Waals surface area contributed by atoms with E-state index in [4.69, 9.17) is 6.58 Å². The Bertz CT molecular complexity index is 652. The Labute approximate surface area is 179 Å². The molecule has 0 aliphatic heterocycles. The van der Waals surface area contributed by atoms with Crippen LogP contribution in [0.25, 0.3) is 0 Å². The first kappa shape index (κ1) is 26.1. The molecule has 0 fully saturated rings. The minimum absolute atomic E-state index is 1.18. The molecule has 0 spiro atoms. The first-order chi connectivity index (χ1) is 14.4. The van der Waals surface area contributed by atoms with E-state index in [2.05, 4.69) is 31.2 Å². The first-order valence-electron chi connectivity index (χ1n) is 10.6. The highest BCUT2D eigenvalue weighted by Crippen LogP contribution is 2.05. The van der Waals surface area contributed by atoms with Crippen LogP contribution in [0.15, 0.2) is 128 Å². The Morgan fingerprint density at radius 2 is 0.759 bits per heavy atom. The van der Waals surface area contributed by atoms with E-state index in [1.807, 2.05) is 91.1 Å². The topological polar surface area (TPSA) is 0 Å². The molecule has 0 saturated carbocycles. The van der Waals surface area contributed by atoms with E-state index < -0.39 is 0 Å². The molecule has 0 aromatic carbocycles. The van der Waals surface area contributed by atoms with Crippen LogP contribution in [0.2, 0.25) is 0 Å². The molecule has 153 valence electrons. The van der Waals surface area contributed by atoms with Crippen LogP contribution in [-0.2, 0) is 0 Å². The summed E-state index contributed by atoms with van der Waals surface area (Å²) in [6, 6.07) is 0. The maximum absolute atomic E-state index is 5.23. The lowest BCUT2D eigenvalue weighted by Crippen LogP contribution is -1.75. The second kappa shape index (κ2) is 25.1. The second-order valence-corrected chi connectivity index (χ2v) is 6.29. The van der Waals surface area contributed by atoms with Crippen molar-refractivity contribution in [2.75, 3.05) is 0 Å². The quantitative estimate of drug-likeness (QED) is 0.184. The molecular formula is C29H37. The largest absolute Gasteiger partial charge is 0.0845 e. The van der Waals surface area contributed by atoms with E-state index in [0.717, 1.165) is 0 Å². The van der Waals surface area contributed by atoms with Crippen LogP contribution < -0.4 is 0 Å². The van der Waals surface area contributed by atoms with Crippen molar-refractivity contribution in [2.24, 2.45) is 0 Å². The molecule has 0 atom stereocenters. The highest BCUT2D eigenvalue weighted by Gasteiger charge is 1.85. The van der Waals surface area contributed by atoms with Crippen LogP contribution in [0.5, 0.6) is 0 Å². The molecule has 0 aromatic rings. The Balaban J connectivity index is 3.80. The Kier molecular flexibility index (Phi) is 22.7. The van der Waals surface area contributed by atoms with E-state index in [9.17, 15) is 0 Å². The molecule has 0 nitrogen and oxygen atoms in total. The summed E-state index contributed by atoms with van der Waals surface area (Å²) in [7, 11) is 0. The maximum Gasteiger partial charge on any atom is -0.0348 e. The first-order valence-corrected chi connectivity index (χ1v) is 10.6. The standard InChI is InChI=1S/C29H37/c1-3-5-7-9-11-13-15-17-19-21-23-25-27-29-28-26-24-22-20-18-16-14-12-10-8-6-4-2/h1,3,5,7,9,11,13,15-29H,4,6,8,10,12,14H2,2H3/b3-1?,7-5+,11-9+,15-13+,18-16+,19-17+,22-20+,23-21+,26-24+,27-25+,29-28+. The molecule has 0 aromatic heterocycles. The fraction of sp³-hybridized carbons (Fsp3) is 0.241. The molecule has 0 heterocycles. The summed E-state index contributed by atoms with van der Waals surface area (Å²) in [4.78, 5) is 0.